The van der Waals surface area contributed by atoms with Gasteiger partial charge in [0.05, 0.1) is 4.91 Å². The molecule has 0 saturated carbocycles. The number of thioether (sulfide) groups is 1. The number of carbonyl (C=O) groups is 1. The van der Waals surface area contributed by atoms with Crippen LogP contribution in [0.25, 0.3) is 6.08 Å². The highest BCUT2D eigenvalue weighted by atomic mass is 35.5. The summed E-state index contributed by atoms with van der Waals surface area (Å²) in [6, 6.07) is 16.3. The number of nitrogens with zero attached hydrogens (tertiary/aromatic N) is 3. The largest absolute Gasteiger partial charge is 0.368 e. The summed E-state index contributed by atoms with van der Waals surface area (Å²) >= 11 is 7.59. The monoisotopic (exact) mass is 411 g/mol. The molecule has 144 valence electrons. The highest BCUT2D eigenvalue weighted by Crippen LogP contribution is 2.31. The molecule has 1 saturated heterocycles. The lowest BCUT2D eigenvalue weighted by Crippen LogP contribution is -2.47. The number of rotatable bonds is 3. The van der Waals surface area contributed by atoms with Crippen molar-refractivity contribution in [2.75, 3.05) is 31.1 Å². The first-order valence-corrected chi connectivity index (χ1v) is 10.7. The molecule has 1 fully saturated rings. The Labute approximate surface area is 174 Å². The number of aliphatic imine (C=N–C) groups is 1. The first-order chi connectivity index (χ1) is 13.6. The van der Waals surface area contributed by atoms with Crippen molar-refractivity contribution in [3.05, 3.63) is 69.6 Å². The number of halogens is 1. The van der Waals surface area contributed by atoms with Crippen LogP contribution < -0.4 is 4.90 Å². The highest BCUT2D eigenvalue weighted by molar-refractivity contribution is 8.18. The van der Waals surface area contributed by atoms with E-state index < -0.39 is 0 Å². The molecule has 1 amide bonds. The predicted octanol–water partition coefficient (Wildman–Crippen LogP) is 4.69. The van der Waals surface area contributed by atoms with Crippen LogP contribution in [-0.2, 0) is 11.2 Å². The van der Waals surface area contributed by atoms with Gasteiger partial charge < -0.3 is 9.80 Å². The Morgan fingerprint density at radius 1 is 1.07 bits per heavy atom. The molecule has 6 heteroatoms. The molecule has 2 heterocycles. The maximum Gasteiger partial charge on any atom is 0.286 e. The Morgan fingerprint density at radius 3 is 2.46 bits per heavy atom. The number of anilines is 1. The standard InChI is InChI=1S/C22H22ClN3OS/c1-2-16-6-8-17(9-7-16)14-20-21(27)24-22(28-20)26-12-10-25(11-13-26)19-5-3-4-18(23)15-19/h3-9,14-15H,2,10-13H2,1H3. The molecule has 2 aromatic rings. The van der Waals surface area contributed by atoms with Gasteiger partial charge in [-0.25, -0.2) is 0 Å². The summed E-state index contributed by atoms with van der Waals surface area (Å²) in [7, 11) is 0. The van der Waals surface area contributed by atoms with Crippen molar-refractivity contribution >= 4 is 46.2 Å². The third-order valence-electron chi connectivity index (χ3n) is 5.02. The van der Waals surface area contributed by atoms with Gasteiger partial charge in [0.1, 0.15) is 0 Å². The summed E-state index contributed by atoms with van der Waals surface area (Å²) in [6.45, 7) is 5.57. The van der Waals surface area contributed by atoms with E-state index in [0.717, 1.165) is 54.0 Å². The molecule has 0 radical (unpaired) electrons. The second-order valence-electron chi connectivity index (χ2n) is 6.86. The number of hydrogen-bond donors (Lipinski definition) is 0. The molecule has 0 spiro atoms. The van der Waals surface area contributed by atoms with Gasteiger partial charge in [-0.1, -0.05) is 48.9 Å². The van der Waals surface area contributed by atoms with Crippen molar-refractivity contribution < 1.29 is 4.79 Å². The second kappa shape index (κ2) is 8.41. The molecule has 2 aromatic carbocycles. The minimum absolute atomic E-state index is 0.142. The Bertz CT molecular complexity index is 931. The first-order valence-electron chi connectivity index (χ1n) is 9.49. The number of carbonyl (C=O) groups excluding carboxylic acids is 1. The van der Waals surface area contributed by atoms with Gasteiger partial charge in [0.2, 0.25) is 0 Å². The van der Waals surface area contributed by atoms with Crippen LogP contribution >= 0.6 is 23.4 Å². The molecule has 0 aromatic heterocycles. The highest BCUT2D eigenvalue weighted by Gasteiger charge is 2.28. The summed E-state index contributed by atoms with van der Waals surface area (Å²) in [4.78, 5) is 21.8. The minimum atomic E-state index is -0.142. The quantitative estimate of drug-likeness (QED) is 0.686. The SMILES string of the molecule is CCc1ccc(C=C2SC(N3CCN(c4cccc(Cl)c4)CC3)=NC2=O)cc1. The van der Waals surface area contributed by atoms with Crippen LogP contribution in [0.4, 0.5) is 5.69 Å². The van der Waals surface area contributed by atoms with Gasteiger partial charge in [-0.3, -0.25) is 4.79 Å². The number of piperazine rings is 1. The van der Waals surface area contributed by atoms with E-state index >= 15 is 0 Å². The number of aryl methyl sites for hydroxylation is 1. The molecular formula is C22H22ClN3OS. The van der Waals surface area contributed by atoms with Gasteiger partial charge in [-0.2, -0.15) is 4.99 Å². The molecule has 0 aliphatic carbocycles. The Morgan fingerprint density at radius 2 is 1.79 bits per heavy atom. The van der Waals surface area contributed by atoms with E-state index in [1.165, 1.54) is 17.3 Å². The summed E-state index contributed by atoms with van der Waals surface area (Å²) in [5.41, 5.74) is 3.47. The van der Waals surface area contributed by atoms with Crippen LogP contribution in [0, 0.1) is 0 Å². The van der Waals surface area contributed by atoms with Crippen molar-refractivity contribution in [3.63, 3.8) is 0 Å². The Hall–Kier alpha value is -2.24. The lowest BCUT2D eigenvalue weighted by molar-refractivity contribution is -0.113. The smallest absolute Gasteiger partial charge is 0.286 e. The van der Waals surface area contributed by atoms with Crippen molar-refractivity contribution in [1.82, 2.24) is 4.90 Å². The van der Waals surface area contributed by atoms with Crippen molar-refractivity contribution in [1.29, 1.82) is 0 Å². The third kappa shape index (κ3) is 4.26. The molecule has 2 aliphatic rings. The number of amides is 1. The van der Waals surface area contributed by atoms with Crippen LogP contribution in [-0.4, -0.2) is 42.2 Å². The van der Waals surface area contributed by atoms with Crippen molar-refractivity contribution in [2.24, 2.45) is 4.99 Å². The number of benzene rings is 2. The summed E-state index contributed by atoms with van der Waals surface area (Å²) in [6.07, 6.45) is 2.95. The molecule has 0 unspecified atom stereocenters. The predicted molar refractivity (Wildman–Crippen MR) is 119 cm³/mol. The van der Waals surface area contributed by atoms with Gasteiger partial charge in [-0.05, 0) is 53.6 Å². The average molecular weight is 412 g/mol. The zero-order chi connectivity index (χ0) is 19.5. The average Bonchev–Trinajstić information content (AvgIpc) is 3.09. The molecule has 0 N–H and O–H groups in total. The van der Waals surface area contributed by atoms with Gasteiger partial charge in [-0.15, -0.1) is 0 Å². The third-order valence-corrected chi connectivity index (χ3v) is 6.30. The van der Waals surface area contributed by atoms with Gasteiger partial charge in [0.15, 0.2) is 5.17 Å². The summed E-state index contributed by atoms with van der Waals surface area (Å²) in [5.74, 6) is -0.142. The molecule has 0 atom stereocenters. The number of hydrogen-bond acceptors (Lipinski definition) is 4. The minimum Gasteiger partial charge on any atom is -0.368 e. The first kappa shape index (κ1) is 19.1. The Kier molecular flexibility index (Phi) is 5.74. The van der Waals surface area contributed by atoms with Crippen molar-refractivity contribution in [2.45, 2.75) is 13.3 Å². The molecular weight excluding hydrogens is 390 g/mol. The zero-order valence-corrected chi connectivity index (χ0v) is 17.3. The van der Waals surface area contributed by atoms with Crippen LogP contribution in [0.2, 0.25) is 5.02 Å². The number of amidine groups is 1. The van der Waals surface area contributed by atoms with E-state index in [9.17, 15) is 4.79 Å². The fourth-order valence-corrected chi connectivity index (χ4v) is 4.51. The molecule has 0 bridgehead atoms. The van der Waals surface area contributed by atoms with E-state index in [1.807, 2.05) is 24.3 Å². The lowest BCUT2D eigenvalue weighted by Gasteiger charge is -2.36. The fourth-order valence-electron chi connectivity index (χ4n) is 3.36. The van der Waals surface area contributed by atoms with Crippen LogP contribution in [0.1, 0.15) is 18.1 Å². The zero-order valence-electron chi connectivity index (χ0n) is 15.8. The van der Waals surface area contributed by atoms with Gasteiger partial charge in [0, 0.05) is 36.9 Å². The normalized spacial score (nSPS) is 18.7. The van der Waals surface area contributed by atoms with Crippen LogP contribution in [0.15, 0.2) is 58.4 Å². The molecule has 28 heavy (non-hydrogen) atoms. The summed E-state index contributed by atoms with van der Waals surface area (Å²) < 4.78 is 0. The maximum absolute atomic E-state index is 12.3. The topological polar surface area (TPSA) is 35.9 Å². The van der Waals surface area contributed by atoms with E-state index in [0.29, 0.717) is 4.91 Å². The molecule has 2 aliphatic heterocycles. The molecule has 4 nitrogen and oxygen atoms in total. The second-order valence-corrected chi connectivity index (χ2v) is 8.30. The van der Waals surface area contributed by atoms with E-state index in [4.69, 9.17) is 11.6 Å². The van der Waals surface area contributed by atoms with E-state index in [1.54, 1.807) is 0 Å². The molecule has 4 rings (SSSR count). The fraction of sp³-hybridized carbons (Fsp3) is 0.273. The van der Waals surface area contributed by atoms with E-state index in [-0.39, 0.29) is 5.91 Å². The van der Waals surface area contributed by atoms with Crippen LogP contribution in [0.5, 0.6) is 0 Å². The van der Waals surface area contributed by atoms with Gasteiger partial charge >= 0.3 is 0 Å². The van der Waals surface area contributed by atoms with Crippen molar-refractivity contribution in [3.8, 4) is 0 Å². The van der Waals surface area contributed by atoms with E-state index in [2.05, 4.69) is 52.0 Å². The Balaban J connectivity index is 1.39. The van der Waals surface area contributed by atoms with Gasteiger partial charge in [0.25, 0.3) is 5.91 Å². The summed E-state index contributed by atoms with van der Waals surface area (Å²) in [5, 5.41) is 1.56. The maximum atomic E-state index is 12.3. The lowest BCUT2D eigenvalue weighted by atomic mass is 10.1. The van der Waals surface area contributed by atoms with Crippen LogP contribution in [0.3, 0.4) is 0 Å².